The van der Waals surface area contributed by atoms with Crippen molar-refractivity contribution in [1.29, 1.82) is 0 Å². The minimum absolute atomic E-state index is 0.571. The van der Waals surface area contributed by atoms with Gasteiger partial charge in [-0.05, 0) is 25.5 Å². The second-order valence-corrected chi connectivity index (χ2v) is 4.89. The molecule has 1 aromatic carbocycles. The molecule has 1 aromatic heterocycles. The molecule has 0 aliphatic rings. The molecule has 17 heavy (non-hydrogen) atoms. The maximum absolute atomic E-state index is 9.72. The average Bonchev–Trinajstić information content (AvgIpc) is 2.29. The minimum atomic E-state index is -0.707. The standard InChI is InChI=1S/C15H17NO/c1-15(2,17)10-14-9-8-13(11-16-14)12-6-4-3-5-7-12/h3-9,11,17H,10H2,1-2H3. The Kier molecular flexibility index (Phi) is 3.25. The first-order valence-electron chi connectivity index (χ1n) is 5.77. The number of aromatic nitrogens is 1. The molecule has 0 radical (unpaired) electrons. The van der Waals surface area contributed by atoms with Gasteiger partial charge in [-0.1, -0.05) is 36.4 Å². The van der Waals surface area contributed by atoms with E-state index in [2.05, 4.69) is 17.1 Å². The normalized spacial score (nSPS) is 11.5. The molecule has 0 aliphatic heterocycles. The molecule has 2 nitrogen and oxygen atoms in total. The Hall–Kier alpha value is -1.67. The van der Waals surface area contributed by atoms with Crippen LogP contribution in [0.3, 0.4) is 0 Å². The third-order valence-electron chi connectivity index (χ3n) is 2.55. The lowest BCUT2D eigenvalue weighted by molar-refractivity contribution is 0.0799. The molecule has 1 heterocycles. The van der Waals surface area contributed by atoms with Crippen LogP contribution in [-0.4, -0.2) is 15.7 Å². The van der Waals surface area contributed by atoms with Crippen LogP contribution in [0.5, 0.6) is 0 Å². The van der Waals surface area contributed by atoms with Crippen molar-refractivity contribution in [3.05, 3.63) is 54.4 Å². The summed E-state index contributed by atoms with van der Waals surface area (Å²) in [4.78, 5) is 4.38. The fraction of sp³-hybridized carbons (Fsp3) is 0.267. The van der Waals surface area contributed by atoms with E-state index in [0.29, 0.717) is 6.42 Å². The van der Waals surface area contributed by atoms with Gasteiger partial charge in [-0.15, -0.1) is 0 Å². The minimum Gasteiger partial charge on any atom is -0.390 e. The third-order valence-corrected chi connectivity index (χ3v) is 2.55. The van der Waals surface area contributed by atoms with Crippen molar-refractivity contribution < 1.29 is 5.11 Å². The van der Waals surface area contributed by atoms with Gasteiger partial charge in [-0.25, -0.2) is 0 Å². The first-order chi connectivity index (χ1) is 8.04. The zero-order valence-electron chi connectivity index (χ0n) is 10.2. The van der Waals surface area contributed by atoms with Crippen molar-refractivity contribution in [2.75, 3.05) is 0 Å². The lowest BCUT2D eigenvalue weighted by Crippen LogP contribution is -2.22. The summed E-state index contributed by atoms with van der Waals surface area (Å²) in [6.45, 7) is 3.58. The Morgan fingerprint density at radius 3 is 2.24 bits per heavy atom. The number of hydrogen-bond donors (Lipinski definition) is 1. The topological polar surface area (TPSA) is 33.1 Å². The van der Waals surface area contributed by atoms with Gasteiger partial charge in [0.15, 0.2) is 0 Å². The summed E-state index contributed by atoms with van der Waals surface area (Å²) < 4.78 is 0. The number of aliphatic hydroxyl groups is 1. The number of hydrogen-bond acceptors (Lipinski definition) is 2. The molecule has 0 fully saturated rings. The van der Waals surface area contributed by atoms with Gasteiger partial charge in [-0.2, -0.15) is 0 Å². The Morgan fingerprint density at radius 2 is 1.71 bits per heavy atom. The highest BCUT2D eigenvalue weighted by Crippen LogP contribution is 2.19. The molecule has 0 saturated heterocycles. The lowest BCUT2D eigenvalue weighted by Gasteiger charge is -2.16. The molecule has 1 N–H and O–H groups in total. The largest absolute Gasteiger partial charge is 0.390 e. The van der Waals surface area contributed by atoms with Crippen LogP contribution in [-0.2, 0) is 6.42 Å². The van der Waals surface area contributed by atoms with Crippen LogP contribution in [0.15, 0.2) is 48.7 Å². The van der Waals surface area contributed by atoms with Gasteiger partial charge in [0.25, 0.3) is 0 Å². The first kappa shape index (κ1) is 11.8. The van der Waals surface area contributed by atoms with Gasteiger partial charge in [0, 0.05) is 23.9 Å². The molecule has 2 heteroatoms. The van der Waals surface area contributed by atoms with E-state index in [4.69, 9.17) is 0 Å². The Morgan fingerprint density at radius 1 is 1.00 bits per heavy atom. The van der Waals surface area contributed by atoms with E-state index in [1.807, 2.05) is 36.5 Å². The highest BCUT2D eigenvalue weighted by Gasteiger charge is 2.14. The summed E-state index contributed by atoms with van der Waals surface area (Å²) in [7, 11) is 0. The van der Waals surface area contributed by atoms with Crippen molar-refractivity contribution >= 4 is 0 Å². The molecule has 0 unspecified atom stereocenters. The van der Waals surface area contributed by atoms with Crippen molar-refractivity contribution in [1.82, 2.24) is 4.98 Å². The number of benzene rings is 1. The summed E-state index contributed by atoms with van der Waals surface area (Å²) in [6, 6.07) is 14.2. The second kappa shape index (κ2) is 4.68. The summed E-state index contributed by atoms with van der Waals surface area (Å²) in [5, 5.41) is 9.72. The zero-order valence-corrected chi connectivity index (χ0v) is 10.2. The van der Waals surface area contributed by atoms with E-state index in [1.54, 1.807) is 13.8 Å². The molecular weight excluding hydrogens is 210 g/mol. The van der Waals surface area contributed by atoms with Crippen LogP contribution >= 0.6 is 0 Å². The van der Waals surface area contributed by atoms with Crippen LogP contribution in [0.4, 0.5) is 0 Å². The predicted octanol–water partition coefficient (Wildman–Crippen LogP) is 3.06. The van der Waals surface area contributed by atoms with Gasteiger partial charge < -0.3 is 5.11 Å². The van der Waals surface area contributed by atoms with Crippen molar-refractivity contribution in [3.8, 4) is 11.1 Å². The maximum atomic E-state index is 9.72. The van der Waals surface area contributed by atoms with E-state index < -0.39 is 5.60 Å². The fourth-order valence-electron chi connectivity index (χ4n) is 1.77. The van der Waals surface area contributed by atoms with Crippen LogP contribution in [0.25, 0.3) is 11.1 Å². The quantitative estimate of drug-likeness (QED) is 0.874. The Bertz CT molecular complexity index is 469. The van der Waals surface area contributed by atoms with Gasteiger partial charge in [0.05, 0.1) is 5.60 Å². The molecule has 0 atom stereocenters. The summed E-state index contributed by atoms with van der Waals surface area (Å²) >= 11 is 0. The molecular formula is C15H17NO. The molecule has 2 rings (SSSR count). The molecule has 0 bridgehead atoms. The third kappa shape index (κ3) is 3.40. The highest BCUT2D eigenvalue weighted by molar-refractivity contribution is 5.62. The monoisotopic (exact) mass is 227 g/mol. The van der Waals surface area contributed by atoms with E-state index in [0.717, 1.165) is 16.8 Å². The number of pyridine rings is 1. The molecule has 2 aromatic rings. The smallest absolute Gasteiger partial charge is 0.0647 e. The second-order valence-electron chi connectivity index (χ2n) is 4.89. The summed E-state index contributed by atoms with van der Waals surface area (Å²) in [5.41, 5.74) is 2.47. The van der Waals surface area contributed by atoms with Gasteiger partial charge in [0.2, 0.25) is 0 Å². The molecule has 0 saturated carbocycles. The number of rotatable bonds is 3. The average molecular weight is 227 g/mol. The molecule has 0 amide bonds. The van der Waals surface area contributed by atoms with Gasteiger partial charge >= 0.3 is 0 Å². The summed E-state index contributed by atoms with van der Waals surface area (Å²) in [5.74, 6) is 0. The number of nitrogens with zero attached hydrogens (tertiary/aromatic N) is 1. The van der Waals surface area contributed by atoms with E-state index in [9.17, 15) is 5.11 Å². The SMILES string of the molecule is CC(C)(O)Cc1ccc(-c2ccccc2)cn1. The van der Waals surface area contributed by atoms with Gasteiger partial charge in [0.1, 0.15) is 0 Å². The van der Waals surface area contributed by atoms with Gasteiger partial charge in [-0.3, -0.25) is 4.98 Å². The Labute approximate surface area is 102 Å². The first-order valence-corrected chi connectivity index (χ1v) is 5.77. The van der Waals surface area contributed by atoms with E-state index in [1.165, 1.54) is 0 Å². The van der Waals surface area contributed by atoms with Crippen LogP contribution < -0.4 is 0 Å². The van der Waals surface area contributed by atoms with Crippen molar-refractivity contribution in [2.45, 2.75) is 25.9 Å². The maximum Gasteiger partial charge on any atom is 0.0647 e. The highest BCUT2D eigenvalue weighted by atomic mass is 16.3. The zero-order chi connectivity index (χ0) is 12.3. The fourth-order valence-corrected chi connectivity index (χ4v) is 1.77. The van der Waals surface area contributed by atoms with E-state index in [-0.39, 0.29) is 0 Å². The Balaban J connectivity index is 2.19. The molecule has 0 spiro atoms. The summed E-state index contributed by atoms with van der Waals surface area (Å²) in [6.07, 6.45) is 2.43. The molecule has 0 aliphatic carbocycles. The lowest BCUT2D eigenvalue weighted by atomic mass is 10.0. The predicted molar refractivity (Wildman–Crippen MR) is 69.7 cm³/mol. The van der Waals surface area contributed by atoms with Crippen LogP contribution in [0, 0.1) is 0 Å². The van der Waals surface area contributed by atoms with E-state index >= 15 is 0 Å². The van der Waals surface area contributed by atoms with Crippen LogP contribution in [0.1, 0.15) is 19.5 Å². The van der Waals surface area contributed by atoms with Crippen molar-refractivity contribution in [2.24, 2.45) is 0 Å². The van der Waals surface area contributed by atoms with Crippen molar-refractivity contribution in [3.63, 3.8) is 0 Å². The van der Waals surface area contributed by atoms with Crippen LogP contribution in [0.2, 0.25) is 0 Å². The molecule has 88 valence electrons.